The van der Waals surface area contributed by atoms with Crippen LogP contribution in [0.1, 0.15) is 28.4 Å². The van der Waals surface area contributed by atoms with Gasteiger partial charge in [0.25, 0.3) is 11.6 Å². The van der Waals surface area contributed by atoms with Gasteiger partial charge in [-0.25, -0.2) is 9.67 Å². The van der Waals surface area contributed by atoms with Crippen LogP contribution in [0.4, 0.5) is 18.9 Å². The zero-order chi connectivity index (χ0) is 23.7. The first-order valence-corrected chi connectivity index (χ1v) is 9.18. The fourth-order valence-corrected chi connectivity index (χ4v) is 3.11. The van der Waals surface area contributed by atoms with Crippen LogP contribution in [0.3, 0.4) is 0 Å². The topological polar surface area (TPSA) is 141 Å². The molecule has 0 spiro atoms. The third-order valence-electron chi connectivity index (χ3n) is 4.83. The number of nitrogens with one attached hydrogen (secondary N) is 1. The Morgan fingerprint density at radius 1 is 1.34 bits per heavy atom. The highest BCUT2D eigenvalue weighted by atomic mass is 19.4. The average molecular weight is 453 g/mol. The number of carbonyl (C=O) groups is 1. The van der Waals surface area contributed by atoms with Crippen molar-refractivity contribution in [2.45, 2.75) is 25.1 Å². The minimum absolute atomic E-state index is 0.177. The molecule has 0 aliphatic heterocycles. The quantitative estimate of drug-likeness (QED) is 0.410. The lowest BCUT2D eigenvalue weighted by Gasteiger charge is -2.29. The highest BCUT2D eigenvalue weighted by molar-refractivity contribution is 5.93. The molecule has 11 nitrogen and oxygen atoms in total. The number of carbonyl (C=O) groups excluding carboxylic acids is 1. The molecular weight excluding hydrogens is 435 g/mol. The largest absolute Gasteiger partial charge is 0.424 e. The third kappa shape index (κ3) is 4.16. The zero-order valence-electron chi connectivity index (χ0n) is 16.9. The molecule has 1 atom stereocenters. The molecule has 3 rings (SSSR count). The van der Waals surface area contributed by atoms with E-state index in [9.17, 15) is 33.2 Å². The number of nitro groups is 1. The first-order chi connectivity index (χ1) is 15.0. The second kappa shape index (κ2) is 8.37. The Balaban J connectivity index is 1.75. The molecule has 2 aromatic heterocycles. The third-order valence-corrected chi connectivity index (χ3v) is 4.83. The standard InChI is InChI=1S/C18H18F3N7O4/c1-11-14(24-25-27(11)12-4-3-5-13(10-12)28(31)32)15(29)22-7-6-17(30,18(19,20)21)16-23-8-9-26(16)2/h3-5,8-10,30H,6-7H2,1-2H3,(H,22,29). The minimum atomic E-state index is -5.03. The van der Waals surface area contributed by atoms with E-state index in [4.69, 9.17) is 0 Å². The number of aliphatic hydroxyl groups is 1. The number of aromatic nitrogens is 5. The lowest BCUT2D eigenvalue weighted by Crippen LogP contribution is -2.46. The Labute approximate surface area is 178 Å². The predicted molar refractivity (Wildman–Crippen MR) is 103 cm³/mol. The number of aryl methyl sites for hydroxylation is 1. The summed E-state index contributed by atoms with van der Waals surface area (Å²) < 4.78 is 42.9. The molecule has 1 amide bonds. The molecule has 0 fully saturated rings. The maximum atomic E-state index is 13.5. The van der Waals surface area contributed by atoms with E-state index < -0.39 is 41.4 Å². The van der Waals surface area contributed by atoms with Gasteiger partial charge in [0.1, 0.15) is 5.82 Å². The molecule has 170 valence electrons. The van der Waals surface area contributed by atoms with E-state index in [1.165, 1.54) is 49.1 Å². The molecule has 0 saturated heterocycles. The summed E-state index contributed by atoms with van der Waals surface area (Å²) in [6.07, 6.45) is -3.52. The van der Waals surface area contributed by atoms with E-state index in [2.05, 4.69) is 20.6 Å². The van der Waals surface area contributed by atoms with Crippen molar-refractivity contribution in [1.82, 2.24) is 29.9 Å². The van der Waals surface area contributed by atoms with Crippen LogP contribution < -0.4 is 5.32 Å². The summed E-state index contributed by atoms with van der Waals surface area (Å²) >= 11 is 0. The van der Waals surface area contributed by atoms with Gasteiger partial charge in [-0.2, -0.15) is 13.2 Å². The van der Waals surface area contributed by atoms with Crippen molar-refractivity contribution in [3.05, 3.63) is 64.0 Å². The van der Waals surface area contributed by atoms with E-state index in [1.807, 2.05) is 0 Å². The molecule has 1 aromatic carbocycles. The van der Waals surface area contributed by atoms with Crippen molar-refractivity contribution in [1.29, 1.82) is 0 Å². The number of nitrogens with zero attached hydrogens (tertiary/aromatic N) is 6. The highest BCUT2D eigenvalue weighted by Crippen LogP contribution is 2.40. The van der Waals surface area contributed by atoms with Crippen LogP contribution in [0, 0.1) is 17.0 Å². The van der Waals surface area contributed by atoms with E-state index in [1.54, 1.807) is 0 Å². The smallest absolute Gasteiger partial charge is 0.374 e. The Morgan fingerprint density at radius 2 is 2.06 bits per heavy atom. The Kier molecular flexibility index (Phi) is 5.98. The van der Waals surface area contributed by atoms with Crippen molar-refractivity contribution in [2.24, 2.45) is 7.05 Å². The Hall–Kier alpha value is -3.81. The van der Waals surface area contributed by atoms with Gasteiger partial charge in [-0.05, 0) is 13.0 Å². The fraction of sp³-hybridized carbons (Fsp3) is 0.333. The van der Waals surface area contributed by atoms with Crippen LogP contribution in [0.2, 0.25) is 0 Å². The molecule has 1 unspecified atom stereocenters. The molecule has 0 aliphatic carbocycles. The van der Waals surface area contributed by atoms with Crippen LogP contribution in [-0.2, 0) is 12.6 Å². The summed E-state index contributed by atoms with van der Waals surface area (Å²) in [4.78, 5) is 26.4. The van der Waals surface area contributed by atoms with Gasteiger partial charge in [0.05, 0.1) is 16.3 Å². The number of halogens is 3. The van der Waals surface area contributed by atoms with Gasteiger partial charge >= 0.3 is 6.18 Å². The van der Waals surface area contributed by atoms with Crippen molar-refractivity contribution in [3.63, 3.8) is 0 Å². The first kappa shape index (κ1) is 22.9. The molecule has 14 heteroatoms. The van der Waals surface area contributed by atoms with E-state index >= 15 is 0 Å². The molecule has 2 N–H and O–H groups in total. The van der Waals surface area contributed by atoms with Crippen LogP contribution >= 0.6 is 0 Å². The normalized spacial score (nSPS) is 13.6. The van der Waals surface area contributed by atoms with Crippen LogP contribution in [0.5, 0.6) is 0 Å². The average Bonchev–Trinajstić information content (AvgIpc) is 3.32. The molecule has 2 heterocycles. The summed E-state index contributed by atoms with van der Waals surface area (Å²) in [5.41, 5.74) is -3.13. The second-order valence-electron chi connectivity index (χ2n) is 6.94. The van der Waals surface area contributed by atoms with E-state index in [0.717, 1.165) is 10.8 Å². The number of imidazole rings is 1. The first-order valence-electron chi connectivity index (χ1n) is 9.18. The van der Waals surface area contributed by atoms with Crippen LogP contribution in [0.15, 0.2) is 36.7 Å². The molecule has 0 bridgehead atoms. The molecule has 3 aromatic rings. The van der Waals surface area contributed by atoms with Gasteiger partial charge in [0, 0.05) is 44.5 Å². The van der Waals surface area contributed by atoms with Crippen LogP contribution in [0.25, 0.3) is 5.69 Å². The lowest BCUT2D eigenvalue weighted by atomic mass is 9.97. The number of hydrogen-bond acceptors (Lipinski definition) is 7. The molecule has 0 saturated carbocycles. The maximum Gasteiger partial charge on any atom is 0.424 e. The number of non-ortho nitro benzene ring substituents is 1. The number of nitro benzene ring substituents is 1. The van der Waals surface area contributed by atoms with Gasteiger partial charge in [-0.15, -0.1) is 5.10 Å². The molecular formula is C18H18F3N7O4. The summed E-state index contributed by atoms with van der Waals surface area (Å²) in [7, 11) is 1.31. The van der Waals surface area contributed by atoms with Crippen molar-refractivity contribution in [3.8, 4) is 5.69 Å². The van der Waals surface area contributed by atoms with Gasteiger partial charge in [0.15, 0.2) is 5.69 Å². The fourth-order valence-electron chi connectivity index (χ4n) is 3.11. The van der Waals surface area contributed by atoms with Gasteiger partial charge in [0.2, 0.25) is 5.60 Å². The predicted octanol–water partition coefficient (Wildman–Crippen LogP) is 1.79. The summed E-state index contributed by atoms with van der Waals surface area (Å²) in [6.45, 7) is 0.943. The van der Waals surface area contributed by atoms with Gasteiger partial charge in [-0.3, -0.25) is 14.9 Å². The summed E-state index contributed by atoms with van der Waals surface area (Å²) in [6, 6.07) is 5.48. The molecule has 32 heavy (non-hydrogen) atoms. The van der Waals surface area contributed by atoms with E-state index in [0.29, 0.717) is 0 Å². The second-order valence-corrected chi connectivity index (χ2v) is 6.94. The number of alkyl halides is 3. The Bertz CT molecular complexity index is 1160. The van der Waals surface area contributed by atoms with Crippen molar-refractivity contribution >= 4 is 11.6 Å². The summed E-state index contributed by atoms with van der Waals surface area (Å²) in [5, 5.41) is 31.1. The number of hydrogen-bond donors (Lipinski definition) is 2. The Morgan fingerprint density at radius 3 is 2.66 bits per heavy atom. The van der Waals surface area contributed by atoms with Gasteiger partial charge < -0.3 is 15.0 Å². The van der Waals surface area contributed by atoms with Gasteiger partial charge in [-0.1, -0.05) is 11.3 Å². The summed E-state index contributed by atoms with van der Waals surface area (Å²) in [5.74, 6) is -1.42. The molecule has 0 aliphatic rings. The zero-order valence-corrected chi connectivity index (χ0v) is 16.9. The SMILES string of the molecule is Cc1c(C(=O)NCCC(O)(c2nccn2C)C(F)(F)F)nnn1-c1cccc([N+](=O)[O-])c1. The minimum Gasteiger partial charge on any atom is -0.374 e. The maximum absolute atomic E-state index is 13.5. The highest BCUT2D eigenvalue weighted by Gasteiger charge is 2.57. The van der Waals surface area contributed by atoms with Crippen molar-refractivity contribution < 1.29 is 28.0 Å². The number of amides is 1. The van der Waals surface area contributed by atoms with E-state index in [-0.39, 0.29) is 22.8 Å². The molecule has 0 radical (unpaired) electrons. The van der Waals surface area contributed by atoms with Crippen molar-refractivity contribution in [2.75, 3.05) is 6.54 Å². The number of benzene rings is 1. The number of rotatable bonds is 7. The van der Waals surface area contributed by atoms with Crippen LogP contribution in [-0.4, -0.2) is 53.2 Å². The monoisotopic (exact) mass is 453 g/mol. The lowest BCUT2D eigenvalue weighted by molar-refractivity contribution is -0.384.